The van der Waals surface area contributed by atoms with Gasteiger partial charge in [-0.3, -0.25) is 0 Å². The minimum atomic E-state index is 0.768. The van der Waals surface area contributed by atoms with Crippen molar-refractivity contribution in [2.24, 2.45) is 0 Å². The molecule has 184 valence electrons. The van der Waals surface area contributed by atoms with Crippen LogP contribution in [0.5, 0.6) is 0 Å². The van der Waals surface area contributed by atoms with Gasteiger partial charge in [0.25, 0.3) is 0 Å². The largest absolute Gasteiger partial charge is 0.399 e. The lowest BCUT2D eigenvalue weighted by Gasteiger charge is -2.23. The van der Waals surface area contributed by atoms with Gasteiger partial charge in [0, 0.05) is 22.6 Å². The Bertz CT molecular complexity index is 1580. The highest BCUT2D eigenvalue weighted by atomic mass is 14.9. The number of anilines is 3. The lowest BCUT2D eigenvalue weighted by Crippen LogP contribution is -2.00. The molecule has 0 aliphatic rings. The van der Waals surface area contributed by atoms with E-state index in [2.05, 4.69) is 125 Å². The number of nitrogens with two attached hydrogens (primary N) is 1. The fourth-order valence-electron chi connectivity index (χ4n) is 5.15. The summed E-state index contributed by atoms with van der Waals surface area (Å²) in [5, 5.41) is 3.75. The summed E-state index contributed by atoms with van der Waals surface area (Å²) in [6, 6.07) is 34.7. The Hall–Kier alpha value is -4.30. The molecule has 0 bridgehead atoms. The lowest BCUT2D eigenvalue weighted by molar-refractivity contribution is 1.36. The summed E-state index contributed by atoms with van der Waals surface area (Å²) in [6.45, 7) is 10.8. The van der Waals surface area contributed by atoms with Gasteiger partial charge < -0.3 is 11.1 Å². The molecule has 0 aromatic heterocycles. The maximum Gasteiger partial charge on any atom is 0.0470 e. The van der Waals surface area contributed by atoms with E-state index < -0.39 is 0 Å². The zero-order chi connectivity index (χ0) is 26.1. The fourth-order valence-corrected chi connectivity index (χ4v) is 5.15. The Morgan fingerprint density at radius 2 is 1.00 bits per heavy atom. The minimum Gasteiger partial charge on any atom is -0.399 e. The summed E-state index contributed by atoms with van der Waals surface area (Å²) in [5.41, 5.74) is 22.5. The first-order chi connectivity index (χ1) is 17.8. The number of hydrogen-bond donors (Lipinski definition) is 2. The second-order valence-corrected chi connectivity index (χ2v) is 10.2. The molecule has 2 nitrogen and oxygen atoms in total. The molecule has 0 saturated heterocycles. The topological polar surface area (TPSA) is 38.0 Å². The molecular formula is C35H34N2. The molecule has 0 saturated carbocycles. The summed E-state index contributed by atoms with van der Waals surface area (Å²) < 4.78 is 0. The van der Waals surface area contributed by atoms with Crippen LogP contribution in [-0.2, 0) is 0 Å². The SMILES string of the molecule is Cc1ccc(Nc2ccc(-c3ccc(N)cc3)c(-c3ccc(C)cc3C)c2-c2ccc(C)cc2C)cc1. The van der Waals surface area contributed by atoms with Gasteiger partial charge in [-0.2, -0.15) is 0 Å². The van der Waals surface area contributed by atoms with Crippen LogP contribution in [0.4, 0.5) is 17.1 Å². The van der Waals surface area contributed by atoms with Crippen molar-refractivity contribution in [3.05, 3.63) is 125 Å². The molecule has 5 rings (SSSR count). The number of benzene rings is 5. The molecule has 0 radical (unpaired) electrons. The number of rotatable bonds is 5. The maximum atomic E-state index is 6.06. The monoisotopic (exact) mass is 482 g/mol. The highest BCUT2D eigenvalue weighted by molar-refractivity contribution is 6.02. The van der Waals surface area contributed by atoms with Crippen molar-refractivity contribution >= 4 is 17.1 Å². The van der Waals surface area contributed by atoms with E-state index in [0.29, 0.717) is 0 Å². The third-order valence-corrected chi connectivity index (χ3v) is 7.06. The Morgan fingerprint density at radius 3 is 1.57 bits per heavy atom. The second-order valence-electron chi connectivity index (χ2n) is 10.2. The molecule has 37 heavy (non-hydrogen) atoms. The molecule has 0 aliphatic heterocycles. The molecule has 0 atom stereocenters. The van der Waals surface area contributed by atoms with Crippen molar-refractivity contribution < 1.29 is 0 Å². The molecule has 0 heterocycles. The van der Waals surface area contributed by atoms with Gasteiger partial charge >= 0.3 is 0 Å². The third kappa shape index (κ3) is 5.01. The lowest BCUT2D eigenvalue weighted by atomic mass is 9.83. The van der Waals surface area contributed by atoms with Gasteiger partial charge in [0.15, 0.2) is 0 Å². The van der Waals surface area contributed by atoms with Crippen LogP contribution in [0, 0.1) is 34.6 Å². The van der Waals surface area contributed by atoms with Gasteiger partial charge in [-0.05, 0) is 104 Å². The normalized spacial score (nSPS) is 10.9. The van der Waals surface area contributed by atoms with Gasteiger partial charge in [0.1, 0.15) is 0 Å². The maximum absolute atomic E-state index is 6.06. The van der Waals surface area contributed by atoms with Crippen molar-refractivity contribution in [3.8, 4) is 33.4 Å². The van der Waals surface area contributed by atoms with Crippen molar-refractivity contribution in [2.45, 2.75) is 34.6 Å². The van der Waals surface area contributed by atoms with Gasteiger partial charge in [-0.15, -0.1) is 0 Å². The van der Waals surface area contributed by atoms with Gasteiger partial charge in [-0.25, -0.2) is 0 Å². The predicted molar refractivity (Wildman–Crippen MR) is 161 cm³/mol. The van der Waals surface area contributed by atoms with Crippen molar-refractivity contribution in [1.29, 1.82) is 0 Å². The molecule has 2 heteroatoms. The van der Waals surface area contributed by atoms with E-state index in [9.17, 15) is 0 Å². The molecule has 0 aliphatic carbocycles. The highest BCUT2D eigenvalue weighted by Gasteiger charge is 2.21. The first kappa shape index (κ1) is 24.4. The zero-order valence-electron chi connectivity index (χ0n) is 22.3. The Balaban J connectivity index is 1.87. The summed E-state index contributed by atoms with van der Waals surface area (Å²) in [4.78, 5) is 0. The smallest absolute Gasteiger partial charge is 0.0470 e. The number of nitrogens with one attached hydrogen (secondary N) is 1. The standard InChI is InChI=1S/C35H34N2/c1-22-6-14-29(15-7-22)37-33-19-18-32(27-10-12-28(36)13-11-27)34(30-16-8-23(2)20-25(30)4)35(33)31-17-9-24(3)21-26(31)5/h6-21,37H,36H2,1-5H3. The van der Waals surface area contributed by atoms with E-state index in [0.717, 1.165) is 22.6 Å². The molecule has 0 unspecified atom stereocenters. The summed E-state index contributed by atoms with van der Waals surface area (Å²) in [5.74, 6) is 0. The van der Waals surface area contributed by atoms with Crippen molar-refractivity contribution in [3.63, 3.8) is 0 Å². The van der Waals surface area contributed by atoms with Crippen LogP contribution >= 0.6 is 0 Å². The molecule has 3 N–H and O–H groups in total. The van der Waals surface area contributed by atoms with Crippen LogP contribution in [0.25, 0.3) is 33.4 Å². The predicted octanol–water partition coefficient (Wildman–Crippen LogP) is 9.56. The Kier molecular flexibility index (Phi) is 6.58. The number of nitrogen functional groups attached to an aromatic ring is 1. The molecule has 5 aromatic carbocycles. The van der Waals surface area contributed by atoms with Crippen LogP contribution < -0.4 is 11.1 Å². The second kappa shape index (κ2) is 9.99. The summed E-state index contributed by atoms with van der Waals surface area (Å²) in [7, 11) is 0. The van der Waals surface area contributed by atoms with E-state index >= 15 is 0 Å². The van der Waals surface area contributed by atoms with E-state index in [1.54, 1.807) is 0 Å². The van der Waals surface area contributed by atoms with Crippen molar-refractivity contribution in [2.75, 3.05) is 11.1 Å². The average Bonchev–Trinajstić information content (AvgIpc) is 2.86. The summed E-state index contributed by atoms with van der Waals surface area (Å²) in [6.07, 6.45) is 0. The van der Waals surface area contributed by atoms with Crippen molar-refractivity contribution in [1.82, 2.24) is 0 Å². The van der Waals surface area contributed by atoms with Gasteiger partial charge in [0.05, 0.1) is 0 Å². The molecule has 0 fully saturated rings. The van der Waals surface area contributed by atoms with E-state index in [-0.39, 0.29) is 0 Å². The Labute approximate surface area is 220 Å². The van der Waals surface area contributed by atoms with E-state index in [4.69, 9.17) is 5.73 Å². The quantitative estimate of drug-likeness (QED) is 0.245. The summed E-state index contributed by atoms with van der Waals surface area (Å²) >= 11 is 0. The Morgan fingerprint density at radius 1 is 0.486 bits per heavy atom. The van der Waals surface area contributed by atoms with Crippen LogP contribution in [-0.4, -0.2) is 0 Å². The van der Waals surface area contributed by atoms with E-state index in [1.165, 1.54) is 55.6 Å². The van der Waals surface area contributed by atoms with Crippen LogP contribution in [0.15, 0.2) is 97.1 Å². The molecule has 5 aromatic rings. The highest BCUT2D eigenvalue weighted by Crippen LogP contribution is 2.47. The number of hydrogen-bond acceptors (Lipinski definition) is 2. The average molecular weight is 483 g/mol. The third-order valence-electron chi connectivity index (χ3n) is 7.06. The van der Waals surface area contributed by atoms with Crippen LogP contribution in [0.3, 0.4) is 0 Å². The van der Waals surface area contributed by atoms with Crippen LogP contribution in [0.2, 0.25) is 0 Å². The minimum absolute atomic E-state index is 0.768. The number of aryl methyl sites for hydroxylation is 5. The first-order valence-corrected chi connectivity index (χ1v) is 12.8. The van der Waals surface area contributed by atoms with Gasteiger partial charge in [0.2, 0.25) is 0 Å². The molecular weight excluding hydrogens is 448 g/mol. The first-order valence-electron chi connectivity index (χ1n) is 12.8. The fraction of sp³-hybridized carbons (Fsp3) is 0.143. The molecule has 0 amide bonds. The van der Waals surface area contributed by atoms with Gasteiger partial charge in [-0.1, -0.05) is 83.4 Å². The zero-order valence-corrected chi connectivity index (χ0v) is 22.3. The molecule has 0 spiro atoms. The van der Waals surface area contributed by atoms with Crippen LogP contribution in [0.1, 0.15) is 27.8 Å². The van der Waals surface area contributed by atoms with E-state index in [1.807, 2.05) is 12.1 Å².